The number of rotatable bonds is 3. The van der Waals surface area contributed by atoms with E-state index in [9.17, 15) is 12.8 Å². The third-order valence-corrected chi connectivity index (χ3v) is 2.30. The summed E-state index contributed by atoms with van der Waals surface area (Å²) in [6, 6.07) is 2.43. The summed E-state index contributed by atoms with van der Waals surface area (Å²) in [7, 11) is -3.55. The zero-order valence-electron chi connectivity index (χ0n) is 8.03. The van der Waals surface area contributed by atoms with Crippen LogP contribution in [0, 0.1) is 5.82 Å². The van der Waals surface area contributed by atoms with Crippen LogP contribution in [-0.4, -0.2) is 14.7 Å². The minimum atomic E-state index is -3.55. The molecule has 0 aromatic heterocycles. The molecule has 0 saturated carbocycles. The van der Waals surface area contributed by atoms with Gasteiger partial charge in [0.15, 0.2) is 0 Å². The maximum absolute atomic E-state index is 12.9. The van der Waals surface area contributed by atoms with Crippen molar-refractivity contribution in [3.63, 3.8) is 0 Å². The lowest BCUT2D eigenvalue weighted by Crippen LogP contribution is -2.07. The summed E-state index contributed by atoms with van der Waals surface area (Å²) in [6.07, 6.45) is 0.913. The molecule has 84 valence electrons. The van der Waals surface area contributed by atoms with Crippen LogP contribution in [0.2, 0.25) is 0 Å². The van der Waals surface area contributed by atoms with Gasteiger partial charge >= 0.3 is 0 Å². The van der Waals surface area contributed by atoms with Crippen molar-refractivity contribution < 1.29 is 17.0 Å². The van der Waals surface area contributed by atoms with Crippen molar-refractivity contribution in [2.24, 2.45) is 0 Å². The van der Waals surface area contributed by atoms with Crippen molar-refractivity contribution in [2.75, 3.05) is 17.7 Å². The van der Waals surface area contributed by atoms with Crippen LogP contribution in [0.3, 0.4) is 0 Å². The first-order valence-electron chi connectivity index (χ1n) is 3.98. The second-order valence-corrected chi connectivity index (χ2v) is 4.64. The van der Waals surface area contributed by atoms with Gasteiger partial charge in [-0.2, -0.15) is 8.42 Å². The number of halogens is 1. The fourth-order valence-corrected chi connectivity index (χ4v) is 1.29. The SMILES string of the molecule is CS(=O)(=O)OCc1ccc(F)c(N)c1N. The van der Waals surface area contributed by atoms with Gasteiger partial charge in [0.2, 0.25) is 0 Å². The number of hydrogen-bond donors (Lipinski definition) is 2. The van der Waals surface area contributed by atoms with E-state index >= 15 is 0 Å². The summed E-state index contributed by atoms with van der Waals surface area (Å²) in [4.78, 5) is 0. The molecule has 0 radical (unpaired) electrons. The molecule has 7 heteroatoms. The molecule has 0 unspecified atom stereocenters. The molecule has 0 fully saturated rings. The Morgan fingerprint density at radius 2 is 1.93 bits per heavy atom. The van der Waals surface area contributed by atoms with Crippen molar-refractivity contribution in [3.8, 4) is 0 Å². The van der Waals surface area contributed by atoms with Gasteiger partial charge in [0.05, 0.1) is 24.2 Å². The Hall–Kier alpha value is -1.34. The molecule has 0 spiro atoms. The molecule has 0 saturated heterocycles. The highest BCUT2D eigenvalue weighted by Gasteiger charge is 2.10. The number of nitrogen functional groups attached to an aromatic ring is 2. The third kappa shape index (κ3) is 3.07. The lowest BCUT2D eigenvalue weighted by atomic mass is 10.1. The average molecular weight is 234 g/mol. The topological polar surface area (TPSA) is 95.4 Å². The minimum Gasteiger partial charge on any atom is -0.397 e. The Bertz CT molecular complexity index is 473. The van der Waals surface area contributed by atoms with Gasteiger partial charge in [-0.15, -0.1) is 0 Å². The van der Waals surface area contributed by atoms with Crippen LogP contribution in [0.1, 0.15) is 5.56 Å². The fourth-order valence-electron chi connectivity index (χ4n) is 0.951. The summed E-state index contributed by atoms with van der Waals surface area (Å²) in [5.74, 6) is -0.643. The van der Waals surface area contributed by atoms with Crippen LogP contribution in [-0.2, 0) is 20.9 Å². The summed E-state index contributed by atoms with van der Waals surface area (Å²) >= 11 is 0. The predicted molar refractivity (Wildman–Crippen MR) is 54.9 cm³/mol. The Labute approximate surface area is 87.0 Å². The molecule has 0 aliphatic rings. The molecule has 1 aromatic carbocycles. The normalized spacial score (nSPS) is 11.6. The lowest BCUT2D eigenvalue weighted by molar-refractivity contribution is 0.312. The molecule has 1 aromatic rings. The quantitative estimate of drug-likeness (QED) is 0.585. The lowest BCUT2D eigenvalue weighted by Gasteiger charge is -2.08. The molecule has 5 nitrogen and oxygen atoms in total. The summed E-state index contributed by atoms with van der Waals surface area (Å²) in [5.41, 5.74) is 10.9. The molecule has 15 heavy (non-hydrogen) atoms. The van der Waals surface area contributed by atoms with Gasteiger partial charge in [0, 0.05) is 5.56 Å². The number of anilines is 2. The van der Waals surface area contributed by atoms with Gasteiger partial charge < -0.3 is 11.5 Å². The Morgan fingerprint density at radius 1 is 1.33 bits per heavy atom. The molecular formula is C8H11FN2O3S. The van der Waals surface area contributed by atoms with E-state index in [1.807, 2.05) is 0 Å². The first-order valence-corrected chi connectivity index (χ1v) is 5.79. The maximum Gasteiger partial charge on any atom is 0.264 e. The molecular weight excluding hydrogens is 223 g/mol. The fraction of sp³-hybridized carbons (Fsp3) is 0.250. The third-order valence-electron chi connectivity index (χ3n) is 1.75. The highest BCUT2D eigenvalue weighted by atomic mass is 32.2. The summed E-state index contributed by atoms with van der Waals surface area (Å²) in [6.45, 7) is -0.255. The maximum atomic E-state index is 12.9. The van der Waals surface area contributed by atoms with E-state index in [2.05, 4.69) is 4.18 Å². The Kier molecular flexibility index (Phi) is 3.15. The average Bonchev–Trinajstić information content (AvgIpc) is 2.12. The van der Waals surface area contributed by atoms with Crippen LogP contribution < -0.4 is 11.5 Å². The summed E-state index contributed by atoms with van der Waals surface area (Å²) < 4.78 is 38.8. The van der Waals surface area contributed by atoms with Crippen molar-refractivity contribution in [3.05, 3.63) is 23.5 Å². The zero-order chi connectivity index (χ0) is 11.6. The smallest absolute Gasteiger partial charge is 0.264 e. The van der Waals surface area contributed by atoms with Crippen LogP contribution in [0.4, 0.5) is 15.8 Å². The molecule has 0 amide bonds. The van der Waals surface area contributed by atoms with E-state index in [4.69, 9.17) is 11.5 Å². The molecule has 1 rings (SSSR count). The van der Waals surface area contributed by atoms with E-state index in [-0.39, 0.29) is 18.0 Å². The molecule has 0 aliphatic heterocycles. The molecule has 0 aliphatic carbocycles. The molecule has 4 N–H and O–H groups in total. The van der Waals surface area contributed by atoms with E-state index in [0.29, 0.717) is 5.56 Å². The van der Waals surface area contributed by atoms with Gasteiger partial charge in [0.25, 0.3) is 10.1 Å². The number of hydrogen-bond acceptors (Lipinski definition) is 5. The molecule has 0 heterocycles. The second-order valence-electron chi connectivity index (χ2n) is 3.00. The van der Waals surface area contributed by atoms with Crippen LogP contribution in [0.15, 0.2) is 12.1 Å². The predicted octanol–water partition coefficient (Wildman–Crippen LogP) is 0.466. The van der Waals surface area contributed by atoms with Crippen molar-refractivity contribution in [2.45, 2.75) is 6.61 Å². The first kappa shape index (κ1) is 11.7. The van der Waals surface area contributed by atoms with Gasteiger partial charge in [-0.25, -0.2) is 4.39 Å². The van der Waals surface area contributed by atoms with Crippen molar-refractivity contribution in [1.82, 2.24) is 0 Å². The van der Waals surface area contributed by atoms with Crippen molar-refractivity contribution in [1.29, 1.82) is 0 Å². The highest BCUT2D eigenvalue weighted by molar-refractivity contribution is 7.85. The van der Waals surface area contributed by atoms with E-state index < -0.39 is 15.9 Å². The van der Waals surface area contributed by atoms with E-state index in [1.54, 1.807) is 0 Å². The first-order chi connectivity index (χ1) is 6.81. The summed E-state index contributed by atoms with van der Waals surface area (Å²) in [5, 5.41) is 0. The van der Waals surface area contributed by atoms with Gasteiger partial charge in [-0.05, 0) is 6.07 Å². The van der Waals surface area contributed by atoms with Crippen LogP contribution in [0.5, 0.6) is 0 Å². The largest absolute Gasteiger partial charge is 0.397 e. The Morgan fingerprint density at radius 3 is 2.47 bits per heavy atom. The Balaban J connectivity index is 2.93. The van der Waals surface area contributed by atoms with Crippen molar-refractivity contribution >= 4 is 21.5 Å². The highest BCUT2D eigenvalue weighted by Crippen LogP contribution is 2.23. The minimum absolute atomic E-state index is 0.00125. The second kappa shape index (κ2) is 4.03. The van der Waals surface area contributed by atoms with Crippen LogP contribution in [0.25, 0.3) is 0 Å². The monoisotopic (exact) mass is 234 g/mol. The molecule has 0 bridgehead atoms. The number of nitrogens with two attached hydrogens (primary N) is 2. The van der Waals surface area contributed by atoms with Gasteiger partial charge in [-0.1, -0.05) is 6.07 Å². The van der Waals surface area contributed by atoms with Crippen LogP contribution >= 0.6 is 0 Å². The van der Waals surface area contributed by atoms with Gasteiger partial charge in [-0.3, -0.25) is 4.18 Å². The molecule has 0 atom stereocenters. The standard InChI is InChI=1S/C8H11FN2O3S/c1-15(12,13)14-4-5-2-3-6(9)8(11)7(5)10/h2-3H,4,10-11H2,1H3. The van der Waals surface area contributed by atoms with E-state index in [1.165, 1.54) is 6.07 Å². The zero-order valence-corrected chi connectivity index (χ0v) is 8.84. The van der Waals surface area contributed by atoms with Gasteiger partial charge in [0.1, 0.15) is 5.82 Å². The number of benzene rings is 1. The van der Waals surface area contributed by atoms with E-state index in [0.717, 1.165) is 12.3 Å².